The van der Waals surface area contributed by atoms with E-state index in [1.807, 2.05) is 18.2 Å². The van der Waals surface area contributed by atoms with Gasteiger partial charge in [0.2, 0.25) is 0 Å². The molecule has 0 aromatic heterocycles. The Kier molecular flexibility index (Phi) is 5.14. The average Bonchev–Trinajstić information content (AvgIpc) is 2.55. The molecule has 22 heavy (non-hydrogen) atoms. The zero-order valence-electron chi connectivity index (χ0n) is 12.4. The zero-order valence-corrected chi connectivity index (χ0v) is 12.4. The highest BCUT2D eigenvalue weighted by molar-refractivity contribution is 5.97. The first-order chi connectivity index (χ1) is 10.6. The number of hydrogen-bond donors (Lipinski definition) is 1. The molecule has 0 unspecified atom stereocenters. The van der Waals surface area contributed by atoms with Crippen molar-refractivity contribution < 1.29 is 19.1 Å². The third-order valence-electron chi connectivity index (χ3n) is 3.02. The monoisotopic (exact) mass is 299 g/mol. The number of esters is 1. The van der Waals surface area contributed by atoms with E-state index in [1.54, 1.807) is 43.5 Å². The van der Waals surface area contributed by atoms with E-state index in [9.17, 15) is 9.59 Å². The number of rotatable bonds is 5. The van der Waals surface area contributed by atoms with Crippen molar-refractivity contribution in [3.63, 3.8) is 0 Å². The van der Waals surface area contributed by atoms with Gasteiger partial charge in [0.15, 0.2) is 6.10 Å². The van der Waals surface area contributed by atoms with Crippen molar-refractivity contribution in [3.8, 4) is 5.75 Å². The maximum absolute atomic E-state index is 12.0. The van der Waals surface area contributed by atoms with Crippen LogP contribution in [0.5, 0.6) is 5.75 Å². The van der Waals surface area contributed by atoms with Gasteiger partial charge in [-0.05, 0) is 43.3 Å². The Morgan fingerprint density at radius 2 is 1.64 bits per heavy atom. The second-order valence-corrected chi connectivity index (χ2v) is 4.63. The molecule has 2 aromatic rings. The predicted molar refractivity (Wildman–Crippen MR) is 82.9 cm³/mol. The summed E-state index contributed by atoms with van der Waals surface area (Å²) in [5.41, 5.74) is 1.01. The predicted octanol–water partition coefficient (Wildman–Crippen LogP) is 2.88. The largest absolute Gasteiger partial charge is 0.497 e. The number of ether oxygens (including phenoxy) is 2. The van der Waals surface area contributed by atoms with Gasteiger partial charge in [-0.3, -0.25) is 4.79 Å². The first-order valence-electron chi connectivity index (χ1n) is 6.81. The van der Waals surface area contributed by atoms with Crippen molar-refractivity contribution in [3.05, 3.63) is 60.2 Å². The molecule has 0 heterocycles. The molecule has 2 aromatic carbocycles. The summed E-state index contributed by atoms with van der Waals surface area (Å²) < 4.78 is 10.2. The summed E-state index contributed by atoms with van der Waals surface area (Å²) in [6.45, 7) is 1.53. The Bertz CT molecular complexity index is 637. The maximum Gasteiger partial charge on any atom is 0.338 e. The summed E-state index contributed by atoms with van der Waals surface area (Å²) in [6, 6.07) is 15.5. The molecule has 0 radical (unpaired) electrons. The first-order valence-corrected chi connectivity index (χ1v) is 6.81. The average molecular weight is 299 g/mol. The zero-order chi connectivity index (χ0) is 15.9. The number of hydrogen-bond acceptors (Lipinski definition) is 4. The number of methoxy groups -OCH3 is 1. The number of amides is 1. The van der Waals surface area contributed by atoms with E-state index in [2.05, 4.69) is 5.32 Å². The Labute approximate surface area is 128 Å². The molecule has 1 amide bonds. The summed E-state index contributed by atoms with van der Waals surface area (Å²) in [5, 5.41) is 2.68. The lowest BCUT2D eigenvalue weighted by Crippen LogP contribution is -2.29. The van der Waals surface area contributed by atoms with E-state index in [0.29, 0.717) is 17.0 Å². The summed E-state index contributed by atoms with van der Waals surface area (Å²) in [7, 11) is 1.54. The molecule has 0 aliphatic rings. The van der Waals surface area contributed by atoms with Crippen LogP contribution in [0.25, 0.3) is 0 Å². The Morgan fingerprint density at radius 1 is 1.00 bits per heavy atom. The van der Waals surface area contributed by atoms with E-state index < -0.39 is 12.1 Å². The molecule has 5 heteroatoms. The molecule has 0 bridgehead atoms. The van der Waals surface area contributed by atoms with Crippen LogP contribution >= 0.6 is 0 Å². The molecule has 5 nitrogen and oxygen atoms in total. The molecule has 0 saturated heterocycles. The van der Waals surface area contributed by atoms with Gasteiger partial charge < -0.3 is 14.8 Å². The van der Waals surface area contributed by atoms with Gasteiger partial charge in [-0.1, -0.05) is 18.2 Å². The standard InChI is InChI=1S/C17H17NO4/c1-12(16(19)18-14-6-4-3-5-7-14)22-17(20)13-8-10-15(21-2)11-9-13/h3-12H,1-2H3,(H,18,19)/t12-/m0/s1. The minimum absolute atomic E-state index is 0.361. The number of para-hydroxylation sites is 1. The van der Waals surface area contributed by atoms with Crippen molar-refractivity contribution >= 4 is 17.6 Å². The topological polar surface area (TPSA) is 64.6 Å². The second kappa shape index (κ2) is 7.26. The molecule has 1 atom stereocenters. The summed E-state index contributed by atoms with van der Waals surface area (Å²) in [6.07, 6.45) is -0.894. The second-order valence-electron chi connectivity index (χ2n) is 4.63. The fourth-order valence-corrected chi connectivity index (χ4v) is 1.77. The Hall–Kier alpha value is -2.82. The van der Waals surface area contributed by atoms with Gasteiger partial charge in [-0.2, -0.15) is 0 Å². The van der Waals surface area contributed by atoms with Crippen molar-refractivity contribution in [2.75, 3.05) is 12.4 Å². The van der Waals surface area contributed by atoms with E-state index in [1.165, 1.54) is 6.92 Å². The molecular formula is C17H17NO4. The number of carbonyl (C=O) groups is 2. The quantitative estimate of drug-likeness (QED) is 0.862. The molecule has 0 aliphatic carbocycles. The van der Waals surface area contributed by atoms with Gasteiger partial charge in [0.1, 0.15) is 5.75 Å². The Balaban J connectivity index is 1.93. The van der Waals surface area contributed by atoms with Crippen LogP contribution in [-0.2, 0) is 9.53 Å². The molecule has 0 fully saturated rings. The third kappa shape index (κ3) is 4.09. The van der Waals surface area contributed by atoms with Gasteiger partial charge in [0, 0.05) is 5.69 Å². The molecule has 114 valence electrons. The molecular weight excluding hydrogens is 282 g/mol. The fourth-order valence-electron chi connectivity index (χ4n) is 1.77. The lowest BCUT2D eigenvalue weighted by molar-refractivity contribution is -0.123. The van der Waals surface area contributed by atoms with Crippen LogP contribution in [0.15, 0.2) is 54.6 Å². The van der Waals surface area contributed by atoms with Gasteiger partial charge in [0.05, 0.1) is 12.7 Å². The highest BCUT2D eigenvalue weighted by atomic mass is 16.5. The molecule has 0 spiro atoms. The smallest absolute Gasteiger partial charge is 0.338 e. The number of benzene rings is 2. The molecule has 2 rings (SSSR count). The van der Waals surface area contributed by atoms with Crippen LogP contribution in [0.2, 0.25) is 0 Å². The molecule has 0 saturated carbocycles. The molecule has 1 N–H and O–H groups in total. The van der Waals surface area contributed by atoms with E-state index >= 15 is 0 Å². The van der Waals surface area contributed by atoms with Crippen LogP contribution in [0.1, 0.15) is 17.3 Å². The number of carbonyl (C=O) groups excluding carboxylic acids is 2. The lowest BCUT2D eigenvalue weighted by Gasteiger charge is -2.13. The summed E-state index contributed by atoms with van der Waals surface area (Å²) in [4.78, 5) is 23.9. The van der Waals surface area contributed by atoms with Crippen molar-refractivity contribution in [2.45, 2.75) is 13.0 Å². The van der Waals surface area contributed by atoms with Crippen LogP contribution in [0.3, 0.4) is 0 Å². The van der Waals surface area contributed by atoms with Crippen molar-refractivity contribution in [2.24, 2.45) is 0 Å². The normalized spacial score (nSPS) is 11.4. The summed E-state index contributed by atoms with van der Waals surface area (Å²) in [5.74, 6) is -0.294. The SMILES string of the molecule is COc1ccc(C(=O)O[C@@H](C)C(=O)Nc2ccccc2)cc1. The van der Waals surface area contributed by atoms with Gasteiger partial charge in [-0.25, -0.2) is 4.79 Å². The van der Waals surface area contributed by atoms with Gasteiger partial charge >= 0.3 is 5.97 Å². The summed E-state index contributed by atoms with van der Waals surface area (Å²) >= 11 is 0. The van der Waals surface area contributed by atoms with Crippen molar-refractivity contribution in [1.82, 2.24) is 0 Å². The lowest BCUT2D eigenvalue weighted by atomic mass is 10.2. The minimum Gasteiger partial charge on any atom is -0.497 e. The van der Waals surface area contributed by atoms with E-state index in [0.717, 1.165) is 0 Å². The fraction of sp³-hybridized carbons (Fsp3) is 0.176. The number of anilines is 1. The van der Waals surface area contributed by atoms with Crippen LogP contribution < -0.4 is 10.1 Å². The van der Waals surface area contributed by atoms with E-state index in [4.69, 9.17) is 9.47 Å². The third-order valence-corrected chi connectivity index (χ3v) is 3.02. The van der Waals surface area contributed by atoms with Crippen LogP contribution in [0.4, 0.5) is 5.69 Å². The minimum atomic E-state index is -0.894. The van der Waals surface area contributed by atoms with Gasteiger partial charge in [0.25, 0.3) is 5.91 Å². The first kappa shape index (κ1) is 15.6. The van der Waals surface area contributed by atoms with Crippen LogP contribution in [-0.4, -0.2) is 25.1 Å². The highest BCUT2D eigenvalue weighted by Gasteiger charge is 2.19. The maximum atomic E-state index is 12.0. The van der Waals surface area contributed by atoms with Gasteiger partial charge in [-0.15, -0.1) is 0 Å². The Morgan fingerprint density at radius 3 is 2.23 bits per heavy atom. The molecule has 0 aliphatic heterocycles. The van der Waals surface area contributed by atoms with Crippen molar-refractivity contribution in [1.29, 1.82) is 0 Å². The van der Waals surface area contributed by atoms with E-state index in [-0.39, 0.29) is 5.91 Å². The van der Waals surface area contributed by atoms with Crippen LogP contribution in [0, 0.1) is 0 Å². The number of nitrogens with one attached hydrogen (secondary N) is 1. The highest BCUT2D eigenvalue weighted by Crippen LogP contribution is 2.13.